The molecule has 1 heterocycles. The van der Waals surface area contributed by atoms with Gasteiger partial charge in [-0.3, -0.25) is 4.79 Å². The molecule has 0 saturated carbocycles. The normalized spacial score (nSPS) is 10.2. The lowest BCUT2D eigenvalue weighted by molar-refractivity contribution is 0.112. The Morgan fingerprint density at radius 2 is 1.89 bits per heavy atom. The van der Waals surface area contributed by atoms with Crippen LogP contribution >= 0.6 is 11.6 Å². The van der Waals surface area contributed by atoms with Gasteiger partial charge < -0.3 is 4.74 Å². The summed E-state index contributed by atoms with van der Waals surface area (Å²) < 4.78 is 5.71. The first-order chi connectivity index (χ1) is 8.60. The van der Waals surface area contributed by atoms with Crippen LogP contribution in [0.25, 0.3) is 0 Å². The summed E-state index contributed by atoms with van der Waals surface area (Å²) in [4.78, 5) is 14.6. The molecule has 0 spiro atoms. The van der Waals surface area contributed by atoms with Crippen LogP contribution in [-0.4, -0.2) is 11.3 Å². The minimum absolute atomic E-state index is 0.453. The van der Waals surface area contributed by atoms with Crippen molar-refractivity contribution in [1.82, 2.24) is 4.98 Å². The standard InChI is InChI=1S/C14H12ClNO2/c1-9-5-12(15)6-10(2)14(9)18-13-4-3-11(8-17)7-16-13/h3-8H,1-2H3. The third kappa shape index (κ3) is 2.68. The van der Waals surface area contributed by atoms with Crippen LogP contribution < -0.4 is 4.74 Å². The molecule has 0 radical (unpaired) electrons. The van der Waals surface area contributed by atoms with Gasteiger partial charge in [-0.25, -0.2) is 4.98 Å². The molecule has 0 bridgehead atoms. The first-order valence-corrected chi connectivity index (χ1v) is 5.84. The van der Waals surface area contributed by atoms with Crippen LogP contribution in [0.3, 0.4) is 0 Å². The Hall–Kier alpha value is -1.87. The first kappa shape index (κ1) is 12.6. The fraction of sp³-hybridized carbons (Fsp3) is 0.143. The highest BCUT2D eigenvalue weighted by atomic mass is 35.5. The second-order valence-corrected chi connectivity index (χ2v) is 4.45. The average Bonchev–Trinajstić information content (AvgIpc) is 2.34. The molecule has 2 aromatic rings. The topological polar surface area (TPSA) is 39.2 Å². The molecule has 0 saturated heterocycles. The van der Waals surface area contributed by atoms with Crippen LogP contribution in [-0.2, 0) is 0 Å². The molecule has 4 heteroatoms. The van der Waals surface area contributed by atoms with E-state index in [-0.39, 0.29) is 0 Å². The van der Waals surface area contributed by atoms with Crippen molar-refractivity contribution in [2.75, 3.05) is 0 Å². The molecular weight excluding hydrogens is 250 g/mol. The predicted molar refractivity (Wildman–Crippen MR) is 70.6 cm³/mol. The maximum atomic E-state index is 10.5. The van der Waals surface area contributed by atoms with Gasteiger partial charge in [0.2, 0.25) is 5.88 Å². The molecule has 0 N–H and O–H groups in total. The fourth-order valence-corrected chi connectivity index (χ4v) is 2.01. The molecule has 1 aromatic carbocycles. The maximum Gasteiger partial charge on any atom is 0.219 e. The van der Waals surface area contributed by atoms with Gasteiger partial charge in [-0.15, -0.1) is 0 Å². The zero-order valence-corrected chi connectivity index (χ0v) is 10.9. The van der Waals surface area contributed by atoms with Gasteiger partial charge >= 0.3 is 0 Å². The fourth-order valence-electron chi connectivity index (χ4n) is 1.68. The Morgan fingerprint density at radius 1 is 1.22 bits per heavy atom. The van der Waals surface area contributed by atoms with Crippen molar-refractivity contribution in [3.63, 3.8) is 0 Å². The number of benzene rings is 1. The lowest BCUT2D eigenvalue weighted by Gasteiger charge is -2.11. The number of aryl methyl sites for hydroxylation is 2. The summed E-state index contributed by atoms with van der Waals surface area (Å²) in [6.07, 6.45) is 2.22. The summed E-state index contributed by atoms with van der Waals surface area (Å²) in [7, 11) is 0. The molecule has 0 amide bonds. The van der Waals surface area contributed by atoms with E-state index in [0.717, 1.165) is 23.2 Å². The number of pyridine rings is 1. The summed E-state index contributed by atoms with van der Waals surface area (Å²) in [5.41, 5.74) is 2.41. The molecule has 0 aliphatic rings. The van der Waals surface area contributed by atoms with Crippen molar-refractivity contribution in [3.05, 3.63) is 52.2 Å². The van der Waals surface area contributed by atoms with Crippen LogP contribution in [0.15, 0.2) is 30.5 Å². The molecular formula is C14H12ClNO2. The van der Waals surface area contributed by atoms with Crippen molar-refractivity contribution in [3.8, 4) is 11.6 Å². The first-order valence-electron chi connectivity index (χ1n) is 5.46. The molecule has 0 aliphatic heterocycles. The second kappa shape index (κ2) is 5.19. The minimum atomic E-state index is 0.453. The van der Waals surface area contributed by atoms with Gasteiger partial charge in [0.25, 0.3) is 0 Å². The van der Waals surface area contributed by atoms with Gasteiger partial charge in [0.15, 0.2) is 6.29 Å². The van der Waals surface area contributed by atoms with Crippen LogP contribution in [0.1, 0.15) is 21.5 Å². The number of hydrogen-bond acceptors (Lipinski definition) is 3. The number of halogens is 1. The smallest absolute Gasteiger partial charge is 0.219 e. The molecule has 0 atom stereocenters. The highest BCUT2D eigenvalue weighted by Gasteiger charge is 2.07. The Kier molecular flexibility index (Phi) is 3.63. The molecule has 92 valence electrons. The molecule has 1 aromatic heterocycles. The van der Waals surface area contributed by atoms with E-state index in [1.165, 1.54) is 6.20 Å². The molecule has 3 nitrogen and oxygen atoms in total. The van der Waals surface area contributed by atoms with Gasteiger partial charge in [-0.1, -0.05) is 11.6 Å². The zero-order chi connectivity index (χ0) is 13.1. The maximum absolute atomic E-state index is 10.5. The van der Waals surface area contributed by atoms with Crippen LogP contribution in [0.2, 0.25) is 5.02 Å². The third-order valence-corrected chi connectivity index (χ3v) is 2.75. The van der Waals surface area contributed by atoms with E-state index in [9.17, 15) is 4.79 Å². The number of hydrogen-bond donors (Lipinski definition) is 0. The van der Waals surface area contributed by atoms with E-state index in [1.807, 2.05) is 26.0 Å². The number of aromatic nitrogens is 1. The number of ether oxygens (including phenoxy) is 1. The minimum Gasteiger partial charge on any atom is -0.438 e. The van der Waals surface area contributed by atoms with Crippen molar-refractivity contribution < 1.29 is 9.53 Å². The summed E-state index contributed by atoms with van der Waals surface area (Å²) in [6, 6.07) is 7.00. The second-order valence-electron chi connectivity index (χ2n) is 4.02. The van der Waals surface area contributed by atoms with Gasteiger partial charge in [-0.05, 0) is 43.2 Å². The number of rotatable bonds is 3. The van der Waals surface area contributed by atoms with E-state index in [4.69, 9.17) is 16.3 Å². The third-order valence-electron chi connectivity index (χ3n) is 2.53. The highest BCUT2D eigenvalue weighted by molar-refractivity contribution is 6.30. The van der Waals surface area contributed by atoms with Crippen molar-refractivity contribution in [2.45, 2.75) is 13.8 Å². The number of nitrogens with zero attached hydrogens (tertiary/aromatic N) is 1. The molecule has 2 rings (SSSR count). The Labute approximate surface area is 110 Å². The lowest BCUT2D eigenvalue weighted by Crippen LogP contribution is -1.94. The summed E-state index contributed by atoms with van der Waals surface area (Å²) in [5.74, 6) is 1.19. The SMILES string of the molecule is Cc1cc(Cl)cc(C)c1Oc1ccc(C=O)cn1. The zero-order valence-electron chi connectivity index (χ0n) is 10.1. The Bertz CT molecular complexity index is 556. The molecule has 18 heavy (non-hydrogen) atoms. The van der Waals surface area contributed by atoms with E-state index in [0.29, 0.717) is 16.5 Å². The van der Waals surface area contributed by atoms with Crippen LogP contribution in [0.4, 0.5) is 0 Å². The largest absolute Gasteiger partial charge is 0.438 e. The van der Waals surface area contributed by atoms with Gasteiger partial charge in [0.05, 0.1) is 0 Å². The summed E-state index contributed by atoms with van der Waals surface area (Å²) >= 11 is 5.95. The van der Waals surface area contributed by atoms with E-state index < -0.39 is 0 Å². The summed E-state index contributed by atoms with van der Waals surface area (Å²) in [6.45, 7) is 3.85. The molecule has 0 fully saturated rings. The van der Waals surface area contributed by atoms with Gasteiger partial charge in [0.1, 0.15) is 5.75 Å². The van der Waals surface area contributed by atoms with Crippen molar-refractivity contribution in [1.29, 1.82) is 0 Å². The molecule has 0 aliphatic carbocycles. The van der Waals surface area contributed by atoms with E-state index in [1.54, 1.807) is 12.1 Å². The van der Waals surface area contributed by atoms with Crippen molar-refractivity contribution >= 4 is 17.9 Å². The van der Waals surface area contributed by atoms with E-state index in [2.05, 4.69) is 4.98 Å². The van der Waals surface area contributed by atoms with Crippen molar-refractivity contribution in [2.24, 2.45) is 0 Å². The predicted octanol–water partition coefficient (Wildman–Crippen LogP) is 3.96. The monoisotopic (exact) mass is 261 g/mol. The van der Waals surface area contributed by atoms with Crippen LogP contribution in [0, 0.1) is 13.8 Å². The van der Waals surface area contributed by atoms with Crippen LogP contribution in [0.5, 0.6) is 11.6 Å². The number of carbonyl (C=O) groups is 1. The highest BCUT2D eigenvalue weighted by Crippen LogP contribution is 2.30. The quantitative estimate of drug-likeness (QED) is 0.785. The van der Waals surface area contributed by atoms with Gasteiger partial charge in [0, 0.05) is 22.8 Å². The van der Waals surface area contributed by atoms with Gasteiger partial charge in [-0.2, -0.15) is 0 Å². The number of carbonyl (C=O) groups excluding carboxylic acids is 1. The van der Waals surface area contributed by atoms with E-state index >= 15 is 0 Å². The average molecular weight is 262 g/mol. The number of aldehydes is 1. The summed E-state index contributed by atoms with van der Waals surface area (Å²) in [5, 5.41) is 0.682. The Balaban J connectivity index is 2.30. The Morgan fingerprint density at radius 3 is 2.39 bits per heavy atom. The molecule has 0 unspecified atom stereocenters. The lowest BCUT2D eigenvalue weighted by atomic mass is 10.1.